The van der Waals surface area contributed by atoms with Crippen molar-refractivity contribution in [3.63, 3.8) is 0 Å². The Bertz CT molecular complexity index is 382. The molecular formula is C12H12O2S. The van der Waals surface area contributed by atoms with Gasteiger partial charge < -0.3 is 9.47 Å². The first-order chi connectivity index (χ1) is 7.36. The summed E-state index contributed by atoms with van der Waals surface area (Å²) in [6.07, 6.45) is 2.42. The second kappa shape index (κ2) is 1.73. The lowest BCUT2D eigenvalue weighted by Gasteiger charge is -2.46. The van der Waals surface area contributed by atoms with E-state index in [-0.39, 0.29) is 0 Å². The Morgan fingerprint density at radius 3 is 1.87 bits per heavy atom. The quantitative estimate of drug-likeness (QED) is 0.576. The number of fused-ring (bicyclic) bond motifs is 2. The number of hydrogen-bond acceptors (Lipinski definition) is 3. The third-order valence-corrected chi connectivity index (χ3v) is 6.92. The number of hydrogen-bond donors (Lipinski definition) is 0. The molecule has 0 aromatic rings. The van der Waals surface area contributed by atoms with E-state index in [0.717, 1.165) is 47.3 Å². The average molecular weight is 220 g/mol. The fourth-order valence-corrected chi connectivity index (χ4v) is 7.15. The van der Waals surface area contributed by atoms with Crippen LogP contribution in [0.1, 0.15) is 6.42 Å². The first-order valence-electron chi connectivity index (χ1n) is 6.23. The fraction of sp³-hybridized carbons (Fsp3) is 0.917. The van der Waals surface area contributed by atoms with E-state index in [0.29, 0.717) is 17.4 Å². The first-order valence-corrected chi connectivity index (χ1v) is 6.64. The summed E-state index contributed by atoms with van der Waals surface area (Å²) in [5.74, 6) is 7.33. The van der Waals surface area contributed by atoms with Crippen molar-refractivity contribution in [3.05, 3.63) is 0 Å². The Morgan fingerprint density at radius 1 is 0.800 bits per heavy atom. The molecule has 10 unspecified atom stereocenters. The Labute approximate surface area is 93.3 Å². The molecule has 78 valence electrons. The van der Waals surface area contributed by atoms with Gasteiger partial charge in [-0.2, -0.15) is 0 Å². The van der Waals surface area contributed by atoms with Crippen molar-refractivity contribution >= 4 is 17.5 Å². The fourth-order valence-electron chi connectivity index (χ4n) is 6.93. The second-order valence-corrected chi connectivity index (χ2v) is 6.78. The standard InChI is InChI=1S/C12H12O2S/c15-12-13-10-6-2-1-3-5-4(2)8(10)9(5)11(14-12)7(3)6/h2-11H,1H2. The van der Waals surface area contributed by atoms with Gasteiger partial charge in [-0.15, -0.1) is 0 Å². The molecule has 7 fully saturated rings. The lowest BCUT2D eigenvalue weighted by Crippen LogP contribution is -2.50. The van der Waals surface area contributed by atoms with Crippen molar-refractivity contribution in [1.29, 1.82) is 0 Å². The largest absolute Gasteiger partial charge is 0.453 e. The van der Waals surface area contributed by atoms with E-state index in [2.05, 4.69) is 0 Å². The summed E-state index contributed by atoms with van der Waals surface area (Å²) in [7, 11) is 0. The summed E-state index contributed by atoms with van der Waals surface area (Å²) in [5, 5.41) is 0.465. The smallest absolute Gasteiger partial charge is 0.352 e. The summed E-state index contributed by atoms with van der Waals surface area (Å²) in [6, 6.07) is 0. The van der Waals surface area contributed by atoms with Crippen LogP contribution < -0.4 is 0 Å². The highest BCUT2D eigenvalue weighted by atomic mass is 32.1. The van der Waals surface area contributed by atoms with E-state index >= 15 is 0 Å². The van der Waals surface area contributed by atoms with Gasteiger partial charge >= 0.3 is 5.24 Å². The molecule has 0 aromatic carbocycles. The van der Waals surface area contributed by atoms with Gasteiger partial charge in [0, 0.05) is 35.9 Å². The van der Waals surface area contributed by atoms with Gasteiger partial charge in [-0.25, -0.2) is 0 Å². The molecule has 7 aliphatic rings. The zero-order valence-electron chi connectivity index (χ0n) is 8.21. The lowest BCUT2D eigenvalue weighted by molar-refractivity contribution is -0.0588. The zero-order chi connectivity index (χ0) is 9.47. The van der Waals surface area contributed by atoms with Crippen LogP contribution in [0.4, 0.5) is 0 Å². The molecule has 0 amide bonds. The van der Waals surface area contributed by atoms with Crippen LogP contribution in [-0.4, -0.2) is 17.4 Å². The molecular weight excluding hydrogens is 208 g/mol. The van der Waals surface area contributed by atoms with Gasteiger partial charge in [0.25, 0.3) is 0 Å². The first kappa shape index (κ1) is 7.10. The predicted octanol–water partition coefficient (Wildman–Crippen LogP) is 1.44. The second-order valence-electron chi connectivity index (χ2n) is 6.44. The molecule has 7 rings (SSSR count). The Kier molecular flexibility index (Phi) is 0.819. The Balaban J connectivity index is 1.70. The number of ether oxygens (including phenoxy) is 2. The zero-order valence-corrected chi connectivity index (χ0v) is 9.02. The summed E-state index contributed by atoms with van der Waals surface area (Å²) < 4.78 is 11.8. The maximum Gasteiger partial charge on any atom is 0.352 e. The molecule has 2 aliphatic heterocycles. The maximum absolute atomic E-state index is 5.89. The minimum atomic E-state index is 0.463. The van der Waals surface area contributed by atoms with Gasteiger partial charge in [-0.1, -0.05) is 0 Å². The van der Waals surface area contributed by atoms with Crippen LogP contribution in [0.25, 0.3) is 0 Å². The van der Waals surface area contributed by atoms with Crippen molar-refractivity contribution in [3.8, 4) is 0 Å². The molecule has 0 spiro atoms. The van der Waals surface area contributed by atoms with Crippen LogP contribution in [0.2, 0.25) is 0 Å². The highest BCUT2D eigenvalue weighted by Gasteiger charge is 2.86. The van der Waals surface area contributed by atoms with Crippen LogP contribution in [0, 0.1) is 47.3 Å². The molecule has 5 saturated carbocycles. The van der Waals surface area contributed by atoms with E-state index in [1.54, 1.807) is 0 Å². The third kappa shape index (κ3) is 0.461. The van der Waals surface area contributed by atoms with E-state index < -0.39 is 0 Å². The van der Waals surface area contributed by atoms with Crippen LogP contribution in [0.3, 0.4) is 0 Å². The highest BCUT2D eigenvalue weighted by molar-refractivity contribution is 7.79. The van der Waals surface area contributed by atoms with Gasteiger partial charge in [-0.3, -0.25) is 0 Å². The molecule has 2 saturated heterocycles. The molecule has 2 heterocycles. The number of thiocarbonyl (C=S) groups is 1. The molecule has 4 bridgehead atoms. The summed E-state index contributed by atoms with van der Waals surface area (Å²) in [5.41, 5.74) is 0. The minimum absolute atomic E-state index is 0.463. The van der Waals surface area contributed by atoms with E-state index in [1.807, 2.05) is 0 Å². The van der Waals surface area contributed by atoms with Gasteiger partial charge in [0.15, 0.2) is 0 Å². The Morgan fingerprint density at radius 2 is 1.33 bits per heavy atom. The van der Waals surface area contributed by atoms with Gasteiger partial charge in [0.05, 0.1) is 0 Å². The molecule has 0 radical (unpaired) electrons. The average Bonchev–Trinajstić information content (AvgIpc) is 2.58. The molecule has 0 aromatic heterocycles. The normalized spacial score (nSPS) is 78.3. The monoisotopic (exact) mass is 220 g/mol. The summed E-state index contributed by atoms with van der Waals surface area (Å²) in [4.78, 5) is 0. The van der Waals surface area contributed by atoms with Crippen molar-refractivity contribution in [2.45, 2.75) is 18.6 Å². The predicted molar refractivity (Wildman–Crippen MR) is 54.9 cm³/mol. The Hall–Kier alpha value is -0.310. The van der Waals surface area contributed by atoms with Crippen LogP contribution in [0.5, 0.6) is 0 Å². The van der Waals surface area contributed by atoms with E-state index in [4.69, 9.17) is 21.7 Å². The van der Waals surface area contributed by atoms with Crippen LogP contribution in [0.15, 0.2) is 0 Å². The van der Waals surface area contributed by atoms with Crippen LogP contribution in [-0.2, 0) is 9.47 Å². The van der Waals surface area contributed by atoms with E-state index in [1.165, 1.54) is 6.42 Å². The maximum atomic E-state index is 5.89. The van der Waals surface area contributed by atoms with Crippen LogP contribution >= 0.6 is 12.2 Å². The van der Waals surface area contributed by atoms with Gasteiger partial charge in [-0.05, 0) is 30.1 Å². The topological polar surface area (TPSA) is 18.5 Å². The van der Waals surface area contributed by atoms with Crippen molar-refractivity contribution in [2.75, 3.05) is 0 Å². The molecule has 3 heteroatoms. The third-order valence-electron chi connectivity index (χ3n) is 6.73. The molecule has 5 aliphatic carbocycles. The van der Waals surface area contributed by atoms with E-state index in [9.17, 15) is 0 Å². The molecule has 15 heavy (non-hydrogen) atoms. The molecule has 2 nitrogen and oxygen atoms in total. The lowest BCUT2D eigenvalue weighted by atomic mass is 9.58. The molecule has 0 N–H and O–H groups in total. The summed E-state index contributed by atoms with van der Waals surface area (Å²) >= 11 is 5.17. The minimum Gasteiger partial charge on any atom is -0.453 e. The van der Waals surface area contributed by atoms with Gasteiger partial charge in [0.1, 0.15) is 12.2 Å². The van der Waals surface area contributed by atoms with Gasteiger partial charge in [0.2, 0.25) is 0 Å². The summed E-state index contributed by atoms with van der Waals surface area (Å²) in [6.45, 7) is 0. The molecule has 10 atom stereocenters. The van der Waals surface area contributed by atoms with Crippen molar-refractivity contribution in [2.24, 2.45) is 47.3 Å². The highest BCUT2D eigenvalue weighted by Crippen LogP contribution is 2.84. The number of rotatable bonds is 0. The van der Waals surface area contributed by atoms with Crippen molar-refractivity contribution < 1.29 is 9.47 Å². The van der Waals surface area contributed by atoms with Crippen molar-refractivity contribution in [1.82, 2.24) is 0 Å². The SMILES string of the molecule is S=C1OC2C3C4CC5C3C(O1)C1C5C4C21.